The monoisotopic (exact) mass is 720 g/mol. The van der Waals surface area contributed by atoms with Gasteiger partial charge < -0.3 is 19.9 Å². The SMILES string of the molecule is CCNC(=O)Nc1cc(-c2nc(C(F)(F)F)cs2)c(-c2ccc3c(c2)c(=O)c(C(=O)O)c(CC)n3[C@H]2CCCN(CCS(C)(=O)=O)C2)cn1. The maximum atomic E-state index is 13.9. The summed E-state index contributed by atoms with van der Waals surface area (Å²) in [7, 11) is -3.20. The van der Waals surface area contributed by atoms with Gasteiger partial charge in [0.25, 0.3) is 0 Å². The number of amides is 2. The standard InChI is InChI=1S/C32H35F3N6O6S2/c1-4-23-27(30(43)44)28(42)21-13-18(8-9-24(21)41(23)19-7-6-10-40(16-19)11-12-49(3,46)47)22-15-37-26(39-31(45)36-5-2)14-20(22)29-38-25(17-48-29)32(33,34)35/h8-9,13-15,17,19H,4-7,10-12,16H2,1-3H3,(H,43,44)(H2,36,37,39,45)/t19-/m0/s1. The molecule has 12 nitrogen and oxygen atoms in total. The van der Waals surface area contributed by atoms with Crippen LogP contribution in [0.4, 0.5) is 23.8 Å². The van der Waals surface area contributed by atoms with E-state index in [1.165, 1.54) is 24.6 Å². The van der Waals surface area contributed by atoms with Gasteiger partial charge in [0.2, 0.25) is 5.43 Å². The van der Waals surface area contributed by atoms with Crippen LogP contribution in [0.15, 0.2) is 40.6 Å². The number of rotatable bonds is 10. The van der Waals surface area contributed by atoms with Crippen molar-refractivity contribution < 1.29 is 36.3 Å². The topological polar surface area (TPSA) is 164 Å². The summed E-state index contributed by atoms with van der Waals surface area (Å²) in [6.45, 7) is 5.24. The molecule has 0 bridgehead atoms. The number of halogens is 3. The number of pyridine rings is 2. The van der Waals surface area contributed by atoms with Crippen molar-refractivity contribution in [2.24, 2.45) is 0 Å². The highest BCUT2D eigenvalue weighted by molar-refractivity contribution is 7.90. The number of carboxylic acid groups (broad SMARTS) is 1. The Morgan fingerprint density at radius 3 is 2.55 bits per heavy atom. The molecule has 4 heterocycles. The quantitative estimate of drug-likeness (QED) is 0.198. The Balaban J connectivity index is 1.68. The van der Waals surface area contributed by atoms with Crippen LogP contribution in [-0.4, -0.2) is 83.1 Å². The smallest absolute Gasteiger partial charge is 0.434 e. The number of benzene rings is 1. The maximum Gasteiger partial charge on any atom is 0.434 e. The Bertz CT molecular complexity index is 2080. The number of carboxylic acids is 1. The number of hydrogen-bond acceptors (Lipinski definition) is 9. The number of carbonyl (C=O) groups excluding carboxylic acids is 1. The highest BCUT2D eigenvalue weighted by Gasteiger charge is 2.34. The summed E-state index contributed by atoms with van der Waals surface area (Å²) in [6.07, 6.45) is -0.528. The van der Waals surface area contributed by atoms with Crippen LogP contribution in [0.2, 0.25) is 0 Å². The normalized spacial score (nSPS) is 15.8. The summed E-state index contributed by atoms with van der Waals surface area (Å²) in [5, 5.41) is 16.3. The van der Waals surface area contributed by atoms with Gasteiger partial charge in [-0.2, -0.15) is 13.2 Å². The fourth-order valence-electron chi connectivity index (χ4n) is 6.13. The van der Waals surface area contributed by atoms with Gasteiger partial charge in [-0.1, -0.05) is 13.0 Å². The lowest BCUT2D eigenvalue weighted by atomic mass is 9.96. The molecule has 17 heteroatoms. The number of likely N-dealkylation sites (tertiary alicyclic amines) is 1. The van der Waals surface area contributed by atoms with Gasteiger partial charge in [0.1, 0.15) is 26.2 Å². The Kier molecular flexibility index (Phi) is 10.5. The van der Waals surface area contributed by atoms with Crippen LogP contribution < -0.4 is 16.1 Å². The number of aromatic nitrogens is 3. The fraction of sp³-hybridized carbons (Fsp3) is 0.406. The Hall–Kier alpha value is -4.35. The Morgan fingerprint density at radius 2 is 1.92 bits per heavy atom. The third-order valence-electron chi connectivity index (χ3n) is 8.30. The highest BCUT2D eigenvalue weighted by Crippen LogP contribution is 2.39. The number of thiazole rings is 1. The zero-order chi connectivity index (χ0) is 35.7. The number of carbonyl (C=O) groups is 2. The van der Waals surface area contributed by atoms with Gasteiger partial charge in [0.05, 0.1) is 11.3 Å². The molecule has 262 valence electrons. The highest BCUT2D eigenvalue weighted by atomic mass is 32.2. The minimum absolute atomic E-state index is 0.00914. The van der Waals surface area contributed by atoms with Gasteiger partial charge >= 0.3 is 18.2 Å². The number of fused-ring (bicyclic) bond motifs is 1. The number of sulfone groups is 1. The summed E-state index contributed by atoms with van der Waals surface area (Å²) in [5.41, 5.74) is -0.480. The van der Waals surface area contributed by atoms with E-state index in [9.17, 15) is 41.1 Å². The molecule has 0 aliphatic carbocycles. The molecule has 0 unspecified atom stereocenters. The molecule has 0 radical (unpaired) electrons. The largest absolute Gasteiger partial charge is 0.477 e. The first kappa shape index (κ1) is 35.9. The maximum absolute atomic E-state index is 13.9. The van der Waals surface area contributed by atoms with Crippen LogP contribution in [0.5, 0.6) is 0 Å². The van der Waals surface area contributed by atoms with E-state index >= 15 is 0 Å². The van der Waals surface area contributed by atoms with Crippen LogP contribution >= 0.6 is 11.3 Å². The summed E-state index contributed by atoms with van der Waals surface area (Å²) in [4.78, 5) is 48.7. The molecule has 1 atom stereocenters. The lowest BCUT2D eigenvalue weighted by Gasteiger charge is -2.36. The second-order valence-electron chi connectivity index (χ2n) is 11.8. The molecule has 49 heavy (non-hydrogen) atoms. The number of urea groups is 1. The van der Waals surface area contributed by atoms with Gasteiger partial charge in [-0.3, -0.25) is 10.1 Å². The van der Waals surface area contributed by atoms with E-state index in [2.05, 4.69) is 20.6 Å². The average Bonchev–Trinajstić information content (AvgIpc) is 3.55. The van der Waals surface area contributed by atoms with Gasteiger partial charge in [0, 0.05) is 65.7 Å². The predicted molar refractivity (Wildman–Crippen MR) is 181 cm³/mol. The number of nitrogens with zero attached hydrogens (tertiary/aromatic N) is 4. The summed E-state index contributed by atoms with van der Waals surface area (Å²) >= 11 is 0.748. The first-order valence-corrected chi connectivity index (χ1v) is 18.5. The molecule has 1 aliphatic heterocycles. The molecule has 2 amide bonds. The molecule has 1 aromatic carbocycles. The van der Waals surface area contributed by atoms with Gasteiger partial charge in [-0.25, -0.2) is 28.0 Å². The number of nitrogens with one attached hydrogen (secondary N) is 2. The minimum Gasteiger partial charge on any atom is -0.477 e. The van der Waals surface area contributed by atoms with Crippen LogP contribution in [0.3, 0.4) is 0 Å². The molecular weight excluding hydrogens is 686 g/mol. The van der Waals surface area contributed by atoms with Crippen molar-refractivity contribution in [1.82, 2.24) is 24.8 Å². The van der Waals surface area contributed by atoms with Crippen molar-refractivity contribution in [2.75, 3.05) is 43.5 Å². The van der Waals surface area contributed by atoms with E-state index in [-0.39, 0.29) is 45.6 Å². The lowest BCUT2D eigenvalue weighted by Crippen LogP contribution is -2.40. The molecule has 3 aromatic heterocycles. The molecule has 1 aliphatic rings. The number of anilines is 1. The number of aromatic carboxylic acids is 1. The average molecular weight is 721 g/mol. The van der Waals surface area contributed by atoms with Crippen LogP contribution in [0, 0.1) is 0 Å². The molecule has 5 rings (SSSR count). The van der Waals surface area contributed by atoms with E-state index in [4.69, 9.17) is 0 Å². The first-order valence-electron chi connectivity index (χ1n) is 15.5. The second-order valence-corrected chi connectivity index (χ2v) is 14.9. The number of hydrogen-bond donors (Lipinski definition) is 3. The summed E-state index contributed by atoms with van der Waals surface area (Å²) in [5.74, 6) is -1.36. The van der Waals surface area contributed by atoms with E-state index in [1.54, 1.807) is 26.0 Å². The van der Waals surface area contributed by atoms with E-state index < -0.39 is 39.1 Å². The third-order valence-corrected chi connectivity index (χ3v) is 10.1. The molecule has 0 spiro atoms. The van der Waals surface area contributed by atoms with Crippen molar-refractivity contribution in [1.29, 1.82) is 0 Å². The summed E-state index contributed by atoms with van der Waals surface area (Å²) < 4.78 is 66.1. The van der Waals surface area contributed by atoms with Gasteiger partial charge in [-0.05, 0) is 56.5 Å². The van der Waals surface area contributed by atoms with Crippen molar-refractivity contribution in [2.45, 2.75) is 45.3 Å². The molecule has 1 fully saturated rings. The van der Waals surface area contributed by atoms with Crippen molar-refractivity contribution >= 4 is 49.9 Å². The molecule has 1 saturated heterocycles. The van der Waals surface area contributed by atoms with Gasteiger partial charge in [-0.15, -0.1) is 11.3 Å². The lowest BCUT2D eigenvalue weighted by molar-refractivity contribution is -0.140. The Labute approximate surface area is 283 Å². The first-order chi connectivity index (χ1) is 23.1. The van der Waals surface area contributed by atoms with Crippen LogP contribution in [-0.2, 0) is 22.4 Å². The zero-order valence-electron chi connectivity index (χ0n) is 26.9. The van der Waals surface area contributed by atoms with E-state index in [0.29, 0.717) is 54.9 Å². The van der Waals surface area contributed by atoms with Crippen molar-refractivity contribution in [3.63, 3.8) is 0 Å². The molecular formula is C32H35F3N6O6S2. The zero-order valence-corrected chi connectivity index (χ0v) is 28.6. The number of piperidine rings is 1. The van der Waals surface area contributed by atoms with Crippen LogP contribution in [0.25, 0.3) is 32.6 Å². The molecule has 0 saturated carbocycles. The Morgan fingerprint density at radius 1 is 1.16 bits per heavy atom. The van der Waals surface area contributed by atoms with Crippen molar-refractivity contribution in [3.8, 4) is 21.7 Å². The number of alkyl halides is 3. The molecule has 3 N–H and O–H groups in total. The molecule has 4 aromatic rings. The van der Waals surface area contributed by atoms with Crippen LogP contribution in [0.1, 0.15) is 54.5 Å². The van der Waals surface area contributed by atoms with Gasteiger partial charge in [0.15, 0.2) is 5.69 Å². The van der Waals surface area contributed by atoms with E-state index in [0.717, 1.165) is 23.1 Å². The minimum atomic E-state index is -4.69. The second kappa shape index (κ2) is 14.2. The third kappa shape index (κ3) is 7.94. The van der Waals surface area contributed by atoms with E-state index in [1.807, 2.05) is 9.47 Å². The predicted octanol–water partition coefficient (Wildman–Crippen LogP) is 5.29. The fourth-order valence-corrected chi connectivity index (χ4v) is 7.58. The van der Waals surface area contributed by atoms with Crippen molar-refractivity contribution in [3.05, 3.63) is 63.0 Å². The summed E-state index contributed by atoms with van der Waals surface area (Å²) in [6, 6.07) is 5.42.